The van der Waals surface area contributed by atoms with Crippen molar-refractivity contribution in [2.75, 3.05) is 39.4 Å². The Kier molecular flexibility index (Phi) is 22.0. The molecule has 0 radical (unpaired) electrons. The number of carbonyl (C=O) groups excluding carboxylic acids is 1. The van der Waals surface area contributed by atoms with Crippen molar-refractivity contribution in [2.45, 2.75) is 110 Å². The molecule has 0 heterocycles. The molecule has 6 heteroatoms. The Labute approximate surface area is 191 Å². The number of carbonyl (C=O) groups is 1. The van der Waals surface area contributed by atoms with Crippen LogP contribution in [0.1, 0.15) is 104 Å². The minimum atomic E-state index is -0.818. The van der Waals surface area contributed by atoms with Crippen molar-refractivity contribution in [1.29, 1.82) is 0 Å². The standard InChI is InChI=1S/C25H52N2O4/c1-23(2)15-13-11-9-7-5-3-4-6-8-10-12-14-16-25(31)26-17-18-27(19-20-28)21-24(30)22-29/h23-24,28-30H,3-22H2,1-2H3,(H,26,31). The first kappa shape index (κ1) is 30.3. The largest absolute Gasteiger partial charge is 0.395 e. The third kappa shape index (κ3) is 22.3. The molecule has 1 unspecified atom stereocenters. The van der Waals surface area contributed by atoms with Crippen LogP contribution in [0.5, 0.6) is 0 Å². The molecule has 186 valence electrons. The first-order chi connectivity index (χ1) is 15.0. The molecule has 4 N–H and O–H groups in total. The molecule has 0 aromatic rings. The Morgan fingerprint density at radius 2 is 1.32 bits per heavy atom. The van der Waals surface area contributed by atoms with E-state index in [0.29, 0.717) is 32.6 Å². The van der Waals surface area contributed by atoms with Crippen LogP contribution in [0.2, 0.25) is 0 Å². The maximum absolute atomic E-state index is 11.9. The maximum Gasteiger partial charge on any atom is 0.220 e. The molecular weight excluding hydrogens is 392 g/mol. The van der Waals surface area contributed by atoms with Crippen LogP contribution >= 0.6 is 0 Å². The van der Waals surface area contributed by atoms with E-state index in [4.69, 9.17) is 10.2 Å². The van der Waals surface area contributed by atoms with Crippen LogP contribution in [0.3, 0.4) is 0 Å². The van der Waals surface area contributed by atoms with Crippen molar-refractivity contribution in [1.82, 2.24) is 10.2 Å². The molecule has 6 nitrogen and oxygen atoms in total. The zero-order valence-corrected chi connectivity index (χ0v) is 20.5. The molecule has 0 aliphatic rings. The number of aliphatic hydroxyl groups excluding tert-OH is 3. The molecular formula is C25H52N2O4. The SMILES string of the molecule is CC(C)CCCCCCCCCCCCCCC(=O)NCCN(CCO)CC(O)CO. The summed E-state index contributed by atoms with van der Waals surface area (Å²) < 4.78 is 0. The zero-order chi connectivity index (χ0) is 23.2. The Hall–Kier alpha value is -0.690. The van der Waals surface area contributed by atoms with Gasteiger partial charge in [-0.1, -0.05) is 90.9 Å². The van der Waals surface area contributed by atoms with E-state index in [1.807, 2.05) is 4.90 Å². The molecule has 0 fully saturated rings. The Morgan fingerprint density at radius 3 is 1.81 bits per heavy atom. The number of amides is 1. The number of nitrogens with one attached hydrogen (secondary N) is 1. The normalized spacial score (nSPS) is 12.6. The predicted octanol–water partition coefficient (Wildman–Crippen LogP) is 3.87. The van der Waals surface area contributed by atoms with Crippen LogP contribution in [-0.4, -0.2) is 71.6 Å². The van der Waals surface area contributed by atoms with Gasteiger partial charge in [0.05, 0.1) is 19.3 Å². The lowest BCUT2D eigenvalue weighted by Crippen LogP contribution is -2.41. The molecule has 1 amide bonds. The van der Waals surface area contributed by atoms with Gasteiger partial charge in [0.1, 0.15) is 0 Å². The topological polar surface area (TPSA) is 93.0 Å². The van der Waals surface area contributed by atoms with Gasteiger partial charge in [0.2, 0.25) is 5.91 Å². The predicted molar refractivity (Wildman–Crippen MR) is 129 cm³/mol. The Morgan fingerprint density at radius 1 is 0.806 bits per heavy atom. The van der Waals surface area contributed by atoms with E-state index < -0.39 is 6.10 Å². The first-order valence-electron chi connectivity index (χ1n) is 12.9. The van der Waals surface area contributed by atoms with Crippen molar-refractivity contribution >= 4 is 5.91 Å². The number of unbranched alkanes of at least 4 members (excludes halogenated alkanes) is 11. The van der Waals surface area contributed by atoms with E-state index in [2.05, 4.69) is 19.2 Å². The fourth-order valence-corrected chi connectivity index (χ4v) is 3.84. The molecule has 1 atom stereocenters. The van der Waals surface area contributed by atoms with Gasteiger partial charge >= 0.3 is 0 Å². The summed E-state index contributed by atoms with van der Waals surface area (Å²) in [7, 11) is 0. The van der Waals surface area contributed by atoms with Crippen LogP contribution in [0, 0.1) is 5.92 Å². The molecule has 0 rings (SSSR count). The van der Waals surface area contributed by atoms with Crippen LogP contribution in [-0.2, 0) is 4.79 Å². The lowest BCUT2D eigenvalue weighted by Gasteiger charge is -2.23. The number of aliphatic hydroxyl groups is 3. The van der Waals surface area contributed by atoms with Crippen LogP contribution in [0.15, 0.2) is 0 Å². The van der Waals surface area contributed by atoms with Gasteiger partial charge in [-0.2, -0.15) is 0 Å². The number of hydrogen-bond acceptors (Lipinski definition) is 5. The van der Waals surface area contributed by atoms with Gasteiger partial charge in [-0.25, -0.2) is 0 Å². The van der Waals surface area contributed by atoms with Crippen molar-refractivity contribution in [2.24, 2.45) is 5.92 Å². The lowest BCUT2D eigenvalue weighted by molar-refractivity contribution is -0.121. The molecule has 0 aromatic carbocycles. The Balaban J connectivity index is 3.42. The molecule has 31 heavy (non-hydrogen) atoms. The summed E-state index contributed by atoms with van der Waals surface area (Å²) in [5.41, 5.74) is 0. The summed E-state index contributed by atoms with van der Waals surface area (Å²) in [5.74, 6) is 0.918. The van der Waals surface area contributed by atoms with Crippen LogP contribution in [0.4, 0.5) is 0 Å². The zero-order valence-electron chi connectivity index (χ0n) is 20.5. The second kappa shape index (κ2) is 22.5. The van der Waals surface area contributed by atoms with Gasteiger partial charge in [-0.15, -0.1) is 0 Å². The van der Waals surface area contributed by atoms with E-state index in [-0.39, 0.29) is 19.1 Å². The fraction of sp³-hybridized carbons (Fsp3) is 0.960. The van der Waals surface area contributed by atoms with E-state index in [0.717, 1.165) is 18.8 Å². The third-order valence-corrected chi connectivity index (χ3v) is 5.78. The van der Waals surface area contributed by atoms with Crippen molar-refractivity contribution in [3.05, 3.63) is 0 Å². The van der Waals surface area contributed by atoms with Gasteiger partial charge in [0, 0.05) is 32.6 Å². The van der Waals surface area contributed by atoms with E-state index in [1.54, 1.807) is 0 Å². The highest BCUT2D eigenvalue weighted by Gasteiger charge is 2.11. The average Bonchev–Trinajstić information content (AvgIpc) is 2.73. The number of hydrogen-bond donors (Lipinski definition) is 4. The molecule has 0 spiro atoms. The molecule has 0 bridgehead atoms. The highest BCUT2D eigenvalue weighted by molar-refractivity contribution is 5.75. The molecule has 0 aliphatic carbocycles. The second-order valence-electron chi connectivity index (χ2n) is 9.39. The third-order valence-electron chi connectivity index (χ3n) is 5.78. The summed E-state index contributed by atoms with van der Waals surface area (Å²) in [4.78, 5) is 13.8. The highest BCUT2D eigenvalue weighted by atomic mass is 16.3. The first-order valence-corrected chi connectivity index (χ1v) is 12.9. The van der Waals surface area contributed by atoms with Crippen LogP contribution < -0.4 is 5.32 Å². The quantitative estimate of drug-likeness (QED) is 0.180. The minimum Gasteiger partial charge on any atom is -0.395 e. The van der Waals surface area contributed by atoms with E-state index >= 15 is 0 Å². The fourth-order valence-electron chi connectivity index (χ4n) is 3.84. The van der Waals surface area contributed by atoms with Gasteiger partial charge in [-0.05, 0) is 12.3 Å². The number of nitrogens with zero attached hydrogens (tertiary/aromatic N) is 1. The van der Waals surface area contributed by atoms with Gasteiger partial charge in [0.25, 0.3) is 0 Å². The Bertz CT molecular complexity index is 394. The van der Waals surface area contributed by atoms with Gasteiger partial charge < -0.3 is 20.6 Å². The van der Waals surface area contributed by atoms with Crippen molar-refractivity contribution in [3.8, 4) is 0 Å². The molecule has 0 aliphatic heterocycles. The molecule has 0 saturated carbocycles. The van der Waals surface area contributed by atoms with Crippen molar-refractivity contribution < 1.29 is 20.1 Å². The van der Waals surface area contributed by atoms with E-state index in [1.165, 1.54) is 70.6 Å². The maximum atomic E-state index is 11.9. The van der Waals surface area contributed by atoms with Crippen molar-refractivity contribution in [3.63, 3.8) is 0 Å². The molecule has 0 saturated heterocycles. The molecule has 0 aromatic heterocycles. The summed E-state index contributed by atoms with van der Waals surface area (Å²) in [6.07, 6.45) is 16.7. The summed E-state index contributed by atoms with van der Waals surface area (Å²) in [6, 6.07) is 0. The summed E-state index contributed by atoms with van der Waals surface area (Å²) in [6.45, 7) is 6.07. The highest BCUT2D eigenvalue weighted by Crippen LogP contribution is 2.14. The summed E-state index contributed by atoms with van der Waals surface area (Å²) >= 11 is 0. The van der Waals surface area contributed by atoms with E-state index in [9.17, 15) is 9.90 Å². The van der Waals surface area contributed by atoms with Crippen LogP contribution in [0.25, 0.3) is 0 Å². The monoisotopic (exact) mass is 444 g/mol. The minimum absolute atomic E-state index is 0.00939. The van der Waals surface area contributed by atoms with Gasteiger partial charge in [0.15, 0.2) is 0 Å². The second-order valence-corrected chi connectivity index (χ2v) is 9.39. The summed E-state index contributed by atoms with van der Waals surface area (Å²) in [5, 5.41) is 30.4. The average molecular weight is 445 g/mol. The van der Waals surface area contributed by atoms with Gasteiger partial charge in [-0.3, -0.25) is 9.69 Å². The number of rotatable bonds is 23. The lowest BCUT2D eigenvalue weighted by atomic mass is 10.0. The smallest absolute Gasteiger partial charge is 0.220 e.